The van der Waals surface area contributed by atoms with Gasteiger partial charge in [-0.2, -0.15) is 0 Å². The third-order valence-corrected chi connectivity index (χ3v) is 7.25. The third kappa shape index (κ3) is 5.12. The first-order valence-corrected chi connectivity index (χ1v) is 12.3. The first-order chi connectivity index (χ1) is 15.7. The summed E-state index contributed by atoms with van der Waals surface area (Å²) in [5.74, 6) is -0.537. The van der Waals surface area contributed by atoms with Crippen molar-refractivity contribution in [1.29, 1.82) is 0 Å². The number of para-hydroxylation sites is 1. The van der Waals surface area contributed by atoms with Gasteiger partial charge in [-0.25, -0.2) is 12.8 Å². The lowest BCUT2D eigenvalue weighted by Gasteiger charge is -2.36. The van der Waals surface area contributed by atoms with Gasteiger partial charge in [0.1, 0.15) is 5.82 Å². The number of anilines is 2. The molecule has 3 aromatic carbocycles. The Hall–Kier alpha value is -3.10. The van der Waals surface area contributed by atoms with Gasteiger partial charge in [0.15, 0.2) is 0 Å². The van der Waals surface area contributed by atoms with Crippen LogP contribution in [0.25, 0.3) is 0 Å². The Labute approximate surface area is 197 Å². The summed E-state index contributed by atoms with van der Waals surface area (Å²) in [5, 5.41) is 0.153. The Morgan fingerprint density at radius 3 is 2.27 bits per heavy atom. The zero-order valence-electron chi connectivity index (χ0n) is 18.0. The molecule has 1 N–H and O–H groups in total. The van der Waals surface area contributed by atoms with Crippen LogP contribution in [0, 0.1) is 12.7 Å². The van der Waals surface area contributed by atoms with Gasteiger partial charge in [-0.05, 0) is 49.4 Å². The van der Waals surface area contributed by atoms with Crippen molar-refractivity contribution in [3.63, 3.8) is 0 Å². The summed E-state index contributed by atoms with van der Waals surface area (Å²) in [7, 11) is -3.78. The highest BCUT2D eigenvalue weighted by molar-refractivity contribution is 7.92. The van der Waals surface area contributed by atoms with Crippen LogP contribution in [0.1, 0.15) is 15.9 Å². The Morgan fingerprint density at radius 1 is 0.970 bits per heavy atom. The van der Waals surface area contributed by atoms with Crippen LogP contribution in [0.5, 0.6) is 0 Å². The lowest BCUT2D eigenvalue weighted by atomic mass is 10.1. The summed E-state index contributed by atoms with van der Waals surface area (Å²) in [4.78, 5) is 16.7. The predicted octanol–water partition coefficient (Wildman–Crippen LogP) is 4.55. The van der Waals surface area contributed by atoms with E-state index in [9.17, 15) is 17.6 Å². The molecule has 0 spiro atoms. The zero-order valence-corrected chi connectivity index (χ0v) is 19.5. The van der Waals surface area contributed by atoms with Crippen molar-refractivity contribution in [1.82, 2.24) is 4.90 Å². The molecule has 0 bridgehead atoms. The molecule has 172 valence electrons. The van der Waals surface area contributed by atoms with Gasteiger partial charge in [-0.15, -0.1) is 0 Å². The summed E-state index contributed by atoms with van der Waals surface area (Å²) in [6.07, 6.45) is 0. The minimum atomic E-state index is -3.78. The van der Waals surface area contributed by atoms with E-state index in [1.807, 2.05) is 11.8 Å². The van der Waals surface area contributed by atoms with Crippen LogP contribution in [-0.2, 0) is 10.0 Å². The SMILES string of the molecule is Cc1ccc(S(=O)(=O)Nc2ccc(C(=O)N3CCN(c4ccccc4F)CC3)c(Cl)c2)cc1. The Morgan fingerprint density at radius 2 is 1.64 bits per heavy atom. The number of amides is 1. The summed E-state index contributed by atoms with van der Waals surface area (Å²) < 4.78 is 41.7. The fraction of sp³-hybridized carbons (Fsp3) is 0.208. The molecule has 0 radical (unpaired) electrons. The van der Waals surface area contributed by atoms with E-state index in [0.29, 0.717) is 31.9 Å². The van der Waals surface area contributed by atoms with Crippen molar-refractivity contribution in [2.24, 2.45) is 0 Å². The van der Waals surface area contributed by atoms with Crippen molar-refractivity contribution >= 4 is 38.9 Å². The summed E-state index contributed by atoms with van der Waals surface area (Å²) in [6, 6.07) is 17.5. The molecule has 1 fully saturated rings. The lowest BCUT2D eigenvalue weighted by Crippen LogP contribution is -2.49. The average Bonchev–Trinajstić information content (AvgIpc) is 2.79. The third-order valence-electron chi connectivity index (χ3n) is 5.54. The number of piperazine rings is 1. The smallest absolute Gasteiger partial charge is 0.261 e. The molecule has 0 aliphatic carbocycles. The molecular formula is C24H23ClFN3O3S. The van der Waals surface area contributed by atoms with Gasteiger partial charge in [0.2, 0.25) is 0 Å². The second-order valence-corrected chi connectivity index (χ2v) is 9.93. The molecule has 1 aliphatic rings. The van der Waals surface area contributed by atoms with Crippen LogP contribution in [-0.4, -0.2) is 45.4 Å². The van der Waals surface area contributed by atoms with Gasteiger partial charge in [0.05, 0.1) is 26.9 Å². The van der Waals surface area contributed by atoms with Crippen LogP contribution >= 0.6 is 11.6 Å². The molecule has 1 saturated heterocycles. The first-order valence-electron chi connectivity index (χ1n) is 10.4. The molecule has 1 heterocycles. The first kappa shape index (κ1) is 23.1. The molecule has 33 heavy (non-hydrogen) atoms. The van der Waals surface area contributed by atoms with E-state index in [0.717, 1.165) is 5.56 Å². The van der Waals surface area contributed by atoms with Crippen LogP contribution in [0.15, 0.2) is 71.6 Å². The fourth-order valence-electron chi connectivity index (χ4n) is 3.71. The molecule has 9 heteroatoms. The molecule has 3 aromatic rings. The topological polar surface area (TPSA) is 69.7 Å². The molecular weight excluding hydrogens is 465 g/mol. The number of rotatable bonds is 5. The van der Waals surface area contributed by atoms with Crippen LogP contribution in [0.3, 0.4) is 0 Å². The Kier molecular flexibility index (Phi) is 6.58. The summed E-state index contributed by atoms with van der Waals surface area (Å²) in [6.45, 7) is 3.72. The van der Waals surface area contributed by atoms with E-state index in [4.69, 9.17) is 11.6 Å². The second-order valence-electron chi connectivity index (χ2n) is 7.84. The Bertz CT molecular complexity index is 1270. The van der Waals surface area contributed by atoms with Crippen molar-refractivity contribution < 1.29 is 17.6 Å². The lowest BCUT2D eigenvalue weighted by molar-refractivity contribution is 0.0747. The number of aryl methyl sites for hydroxylation is 1. The number of halogens is 2. The highest BCUT2D eigenvalue weighted by atomic mass is 35.5. The van der Waals surface area contributed by atoms with E-state index in [1.54, 1.807) is 35.2 Å². The molecule has 4 rings (SSSR count). The van der Waals surface area contributed by atoms with Crippen molar-refractivity contribution in [3.8, 4) is 0 Å². The quantitative estimate of drug-likeness (QED) is 0.573. The van der Waals surface area contributed by atoms with Gasteiger partial charge in [-0.1, -0.05) is 41.4 Å². The largest absolute Gasteiger partial charge is 0.366 e. The summed E-state index contributed by atoms with van der Waals surface area (Å²) >= 11 is 6.34. The number of sulfonamides is 1. The fourth-order valence-corrected chi connectivity index (χ4v) is 5.02. The Balaban J connectivity index is 1.43. The molecule has 1 aliphatic heterocycles. The van der Waals surface area contributed by atoms with E-state index in [2.05, 4.69) is 4.72 Å². The van der Waals surface area contributed by atoms with Crippen LogP contribution in [0.2, 0.25) is 5.02 Å². The molecule has 0 unspecified atom stereocenters. The van der Waals surface area contributed by atoms with Crippen LogP contribution < -0.4 is 9.62 Å². The molecule has 0 saturated carbocycles. The van der Waals surface area contributed by atoms with Crippen molar-refractivity contribution in [3.05, 3.63) is 88.7 Å². The van der Waals surface area contributed by atoms with Gasteiger partial charge in [-0.3, -0.25) is 9.52 Å². The van der Waals surface area contributed by atoms with Gasteiger partial charge in [0, 0.05) is 26.2 Å². The maximum absolute atomic E-state index is 14.0. The monoisotopic (exact) mass is 487 g/mol. The molecule has 6 nitrogen and oxygen atoms in total. The van der Waals surface area contributed by atoms with Crippen LogP contribution in [0.4, 0.5) is 15.8 Å². The number of carbonyl (C=O) groups excluding carboxylic acids is 1. The minimum absolute atomic E-state index is 0.136. The number of nitrogens with zero attached hydrogens (tertiary/aromatic N) is 2. The van der Waals surface area contributed by atoms with Gasteiger partial charge >= 0.3 is 0 Å². The van der Waals surface area contributed by atoms with E-state index < -0.39 is 10.0 Å². The summed E-state index contributed by atoms with van der Waals surface area (Å²) in [5.41, 5.74) is 2.03. The number of benzene rings is 3. The molecule has 0 aromatic heterocycles. The second kappa shape index (κ2) is 9.41. The van der Waals surface area contributed by atoms with E-state index in [-0.39, 0.29) is 32.9 Å². The standard InChI is InChI=1S/C24H23ClFN3O3S/c1-17-6-9-19(10-7-17)33(31,32)27-18-8-11-20(21(25)16-18)24(30)29-14-12-28(13-15-29)23-5-3-2-4-22(23)26/h2-11,16,27H,12-15H2,1H3. The average molecular weight is 488 g/mol. The molecule has 0 atom stereocenters. The minimum Gasteiger partial charge on any atom is -0.366 e. The maximum Gasteiger partial charge on any atom is 0.261 e. The van der Waals surface area contributed by atoms with Crippen molar-refractivity contribution in [2.75, 3.05) is 35.8 Å². The van der Waals surface area contributed by atoms with Crippen molar-refractivity contribution in [2.45, 2.75) is 11.8 Å². The predicted molar refractivity (Wildman–Crippen MR) is 128 cm³/mol. The van der Waals surface area contributed by atoms with Gasteiger partial charge in [0.25, 0.3) is 15.9 Å². The highest BCUT2D eigenvalue weighted by Crippen LogP contribution is 2.26. The normalized spacial score (nSPS) is 14.3. The van der Waals surface area contributed by atoms with Gasteiger partial charge < -0.3 is 9.80 Å². The van der Waals surface area contributed by atoms with E-state index in [1.165, 1.54) is 36.4 Å². The number of nitrogens with one attached hydrogen (secondary N) is 1. The number of hydrogen-bond donors (Lipinski definition) is 1. The zero-order chi connectivity index (χ0) is 23.6. The number of hydrogen-bond acceptors (Lipinski definition) is 4. The maximum atomic E-state index is 14.0. The van der Waals surface area contributed by atoms with E-state index >= 15 is 0 Å². The number of carbonyl (C=O) groups is 1. The highest BCUT2D eigenvalue weighted by Gasteiger charge is 2.25. The molecule has 1 amide bonds.